The van der Waals surface area contributed by atoms with Gasteiger partial charge in [0.1, 0.15) is 0 Å². The van der Waals surface area contributed by atoms with Gasteiger partial charge in [-0.05, 0) is 13.0 Å². The molecule has 5 heteroatoms. The van der Waals surface area contributed by atoms with E-state index < -0.39 is 0 Å². The van der Waals surface area contributed by atoms with Crippen molar-refractivity contribution in [1.29, 1.82) is 0 Å². The molecule has 0 saturated carbocycles. The molecule has 1 aromatic rings. The number of hydrogen-bond donors (Lipinski definition) is 1. The molecule has 0 radical (unpaired) electrons. The average Bonchev–Trinajstić information content (AvgIpc) is 2.32. The highest BCUT2D eigenvalue weighted by atomic mass is 16.5. The Labute approximate surface area is 96.3 Å². The zero-order valence-corrected chi connectivity index (χ0v) is 10.3. The molecule has 0 saturated heterocycles. The quantitative estimate of drug-likeness (QED) is 0.782. The van der Waals surface area contributed by atoms with Crippen LogP contribution in [0.2, 0.25) is 0 Å². The van der Waals surface area contributed by atoms with Gasteiger partial charge in [0.05, 0.1) is 6.61 Å². The second-order valence-corrected chi connectivity index (χ2v) is 2.77. The fraction of sp³-hybridized carbons (Fsp3) is 0.545. The molecule has 0 unspecified atom stereocenters. The van der Waals surface area contributed by atoms with Crippen molar-refractivity contribution in [3.63, 3.8) is 0 Å². The third-order valence-electron chi connectivity index (χ3n) is 1.59. The van der Waals surface area contributed by atoms with E-state index in [0.717, 1.165) is 5.69 Å². The van der Waals surface area contributed by atoms with Crippen LogP contribution in [-0.2, 0) is 4.74 Å². The van der Waals surface area contributed by atoms with Crippen molar-refractivity contribution in [2.45, 2.75) is 20.8 Å². The van der Waals surface area contributed by atoms with E-state index in [1.165, 1.54) is 0 Å². The van der Waals surface area contributed by atoms with E-state index >= 15 is 0 Å². The summed E-state index contributed by atoms with van der Waals surface area (Å²) in [5.41, 5.74) is 0.775. The number of ether oxygens (including phenoxy) is 1. The lowest BCUT2D eigenvalue weighted by Crippen LogP contribution is -2.28. The predicted octanol–water partition coefficient (Wildman–Crippen LogP) is 1.19. The minimum Gasteiger partial charge on any atom is -0.383 e. The number of amides is 1. The first-order chi connectivity index (χ1) is 7.74. The molecule has 0 aliphatic carbocycles. The van der Waals surface area contributed by atoms with E-state index in [0.29, 0.717) is 13.2 Å². The van der Waals surface area contributed by atoms with Crippen LogP contribution < -0.4 is 5.32 Å². The van der Waals surface area contributed by atoms with E-state index in [9.17, 15) is 4.79 Å². The van der Waals surface area contributed by atoms with Crippen molar-refractivity contribution in [1.82, 2.24) is 15.3 Å². The first kappa shape index (κ1) is 14.5. The first-order valence-corrected chi connectivity index (χ1v) is 5.31. The van der Waals surface area contributed by atoms with Crippen molar-refractivity contribution >= 4 is 5.91 Å². The number of aromatic nitrogens is 2. The molecular formula is C11H19N3O2. The smallest absolute Gasteiger partial charge is 0.289 e. The van der Waals surface area contributed by atoms with Crippen molar-refractivity contribution in [2.24, 2.45) is 0 Å². The van der Waals surface area contributed by atoms with Gasteiger partial charge in [-0.25, -0.2) is 9.97 Å². The Hall–Kier alpha value is -1.49. The molecule has 1 N–H and O–H groups in total. The second-order valence-electron chi connectivity index (χ2n) is 2.77. The molecule has 1 rings (SSSR count). The minimum absolute atomic E-state index is 0.195. The summed E-state index contributed by atoms with van der Waals surface area (Å²) in [4.78, 5) is 19.2. The number of carbonyl (C=O) groups excluding carboxylic acids is 1. The van der Waals surface area contributed by atoms with Crippen molar-refractivity contribution in [2.75, 3.05) is 20.3 Å². The van der Waals surface area contributed by atoms with Gasteiger partial charge in [-0.2, -0.15) is 0 Å². The van der Waals surface area contributed by atoms with Gasteiger partial charge in [0.25, 0.3) is 5.91 Å². The first-order valence-electron chi connectivity index (χ1n) is 5.31. The molecule has 0 aliphatic rings. The molecule has 90 valence electrons. The minimum atomic E-state index is -0.272. The second kappa shape index (κ2) is 8.79. The summed E-state index contributed by atoms with van der Waals surface area (Å²) in [6.07, 6.45) is 1.56. The Bertz CT molecular complexity index is 316. The van der Waals surface area contributed by atoms with Gasteiger partial charge in [0.15, 0.2) is 0 Å². The lowest BCUT2D eigenvalue weighted by molar-refractivity contribution is 0.0926. The van der Waals surface area contributed by atoms with Crippen molar-refractivity contribution in [3.05, 3.63) is 23.8 Å². The summed E-state index contributed by atoms with van der Waals surface area (Å²) < 4.78 is 4.80. The summed E-state index contributed by atoms with van der Waals surface area (Å²) in [5, 5.41) is 2.64. The van der Waals surface area contributed by atoms with E-state index in [2.05, 4.69) is 15.3 Å². The van der Waals surface area contributed by atoms with Crippen LogP contribution in [0.4, 0.5) is 0 Å². The van der Waals surface area contributed by atoms with Gasteiger partial charge >= 0.3 is 0 Å². The Kier molecular flexibility index (Phi) is 7.97. The molecule has 1 amide bonds. The number of aryl methyl sites for hydroxylation is 1. The summed E-state index contributed by atoms with van der Waals surface area (Å²) in [6, 6.07) is 1.74. The molecule has 0 aliphatic heterocycles. The maximum Gasteiger partial charge on any atom is 0.289 e. The number of nitrogens with one attached hydrogen (secondary N) is 1. The van der Waals surface area contributed by atoms with Crippen LogP contribution in [0.15, 0.2) is 12.3 Å². The van der Waals surface area contributed by atoms with Crippen LogP contribution >= 0.6 is 0 Å². The summed E-state index contributed by atoms with van der Waals surface area (Å²) in [6.45, 7) is 6.76. The number of rotatable bonds is 4. The Morgan fingerprint density at radius 2 is 2.19 bits per heavy atom. The topological polar surface area (TPSA) is 64.1 Å². The monoisotopic (exact) mass is 225 g/mol. The van der Waals surface area contributed by atoms with E-state index in [1.807, 2.05) is 20.8 Å². The van der Waals surface area contributed by atoms with Gasteiger partial charge in [-0.1, -0.05) is 13.8 Å². The lowest BCUT2D eigenvalue weighted by Gasteiger charge is -2.02. The third kappa shape index (κ3) is 5.41. The van der Waals surface area contributed by atoms with Gasteiger partial charge < -0.3 is 10.1 Å². The Morgan fingerprint density at radius 1 is 1.50 bits per heavy atom. The fourth-order valence-electron chi connectivity index (χ4n) is 0.904. The molecule has 1 heterocycles. The van der Waals surface area contributed by atoms with E-state index in [4.69, 9.17) is 4.74 Å². The van der Waals surface area contributed by atoms with Crippen LogP contribution in [0.1, 0.15) is 30.2 Å². The van der Waals surface area contributed by atoms with Crippen molar-refractivity contribution in [3.8, 4) is 0 Å². The Balaban J connectivity index is 0.00000106. The highest BCUT2D eigenvalue weighted by Gasteiger charge is 2.07. The lowest BCUT2D eigenvalue weighted by atomic mass is 10.4. The van der Waals surface area contributed by atoms with Crippen LogP contribution in [0.25, 0.3) is 0 Å². The molecule has 0 aromatic carbocycles. The van der Waals surface area contributed by atoms with Crippen LogP contribution in [0.5, 0.6) is 0 Å². The van der Waals surface area contributed by atoms with Crippen LogP contribution in [0.3, 0.4) is 0 Å². The molecule has 0 spiro atoms. The summed E-state index contributed by atoms with van der Waals surface area (Å²) in [5.74, 6) is -0.0770. The zero-order chi connectivity index (χ0) is 12.4. The predicted molar refractivity (Wildman–Crippen MR) is 62.3 cm³/mol. The normalized spacial score (nSPS) is 9.00. The number of carbonyl (C=O) groups is 1. The summed E-state index contributed by atoms with van der Waals surface area (Å²) >= 11 is 0. The number of hydrogen-bond acceptors (Lipinski definition) is 4. The fourth-order valence-corrected chi connectivity index (χ4v) is 0.904. The molecular weight excluding hydrogens is 206 g/mol. The van der Waals surface area contributed by atoms with E-state index in [-0.39, 0.29) is 11.7 Å². The van der Waals surface area contributed by atoms with Gasteiger partial charge in [0, 0.05) is 25.5 Å². The number of methoxy groups -OCH3 is 1. The van der Waals surface area contributed by atoms with Gasteiger partial charge in [-0.3, -0.25) is 4.79 Å². The van der Waals surface area contributed by atoms with Crippen LogP contribution in [-0.4, -0.2) is 36.1 Å². The number of nitrogens with zero attached hydrogens (tertiary/aromatic N) is 2. The molecule has 16 heavy (non-hydrogen) atoms. The van der Waals surface area contributed by atoms with Crippen LogP contribution in [0, 0.1) is 6.92 Å². The van der Waals surface area contributed by atoms with Crippen molar-refractivity contribution < 1.29 is 9.53 Å². The van der Waals surface area contributed by atoms with E-state index in [1.54, 1.807) is 19.4 Å². The van der Waals surface area contributed by atoms with Gasteiger partial charge in [-0.15, -0.1) is 0 Å². The SMILES string of the molecule is CC.COCCNC(=O)c1nccc(C)n1. The third-order valence-corrected chi connectivity index (χ3v) is 1.59. The Morgan fingerprint density at radius 3 is 2.75 bits per heavy atom. The van der Waals surface area contributed by atoms with Gasteiger partial charge in [0.2, 0.25) is 5.82 Å². The largest absolute Gasteiger partial charge is 0.383 e. The zero-order valence-electron chi connectivity index (χ0n) is 10.3. The standard InChI is InChI=1S/C9H13N3O2.C2H6/c1-7-3-4-10-8(12-7)9(13)11-5-6-14-2;1-2/h3-4H,5-6H2,1-2H3,(H,11,13);1-2H3. The molecule has 1 aromatic heterocycles. The highest BCUT2D eigenvalue weighted by Crippen LogP contribution is 1.92. The highest BCUT2D eigenvalue weighted by molar-refractivity contribution is 5.90. The maximum atomic E-state index is 11.4. The summed E-state index contributed by atoms with van der Waals surface area (Å²) in [7, 11) is 1.58. The molecule has 0 fully saturated rings. The average molecular weight is 225 g/mol. The molecule has 0 bridgehead atoms. The maximum absolute atomic E-state index is 11.4. The molecule has 0 atom stereocenters. The molecule has 5 nitrogen and oxygen atoms in total.